The van der Waals surface area contributed by atoms with Crippen molar-refractivity contribution in [2.75, 3.05) is 0 Å². The summed E-state index contributed by atoms with van der Waals surface area (Å²) < 4.78 is 20.0. The number of allylic oxidation sites excluding steroid dienone is 1. The molecule has 136 valence electrons. The SMILES string of the molecule is C=CCn1c(O)c(C(=O)c2oc3ccc(F)cc3c2C)c(C)c(C#N)c1=O. The van der Waals surface area contributed by atoms with Crippen molar-refractivity contribution in [2.45, 2.75) is 20.4 Å². The number of benzene rings is 1. The van der Waals surface area contributed by atoms with E-state index in [1.807, 2.05) is 0 Å². The highest BCUT2D eigenvalue weighted by Crippen LogP contribution is 2.31. The van der Waals surface area contributed by atoms with Crippen molar-refractivity contribution in [3.63, 3.8) is 0 Å². The number of rotatable bonds is 4. The number of hydrogen-bond acceptors (Lipinski definition) is 5. The minimum Gasteiger partial charge on any atom is -0.494 e. The largest absolute Gasteiger partial charge is 0.494 e. The molecule has 0 unspecified atom stereocenters. The van der Waals surface area contributed by atoms with E-state index in [0.717, 1.165) is 4.57 Å². The Morgan fingerprint density at radius 3 is 2.74 bits per heavy atom. The van der Waals surface area contributed by atoms with Gasteiger partial charge < -0.3 is 9.52 Å². The molecule has 0 aliphatic heterocycles. The molecule has 3 aromatic rings. The van der Waals surface area contributed by atoms with Gasteiger partial charge in [0, 0.05) is 17.5 Å². The third-order valence-electron chi connectivity index (χ3n) is 4.44. The normalized spacial score (nSPS) is 10.7. The fourth-order valence-electron chi connectivity index (χ4n) is 3.04. The average Bonchev–Trinajstić information content (AvgIpc) is 2.95. The number of pyridine rings is 1. The Bertz CT molecular complexity index is 1210. The fourth-order valence-corrected chi connectivity index (χ4v) is 3.04. The number of furan rings is 1. The van der Waals surface area contributed by atoms with Gasteiger partial charge in [0.25, 0.3) is 5.56 Å². The van der Waals surface area contributed by atoms with E-state index < -0.39 is 23.0 Å². The summed E-state index contributed by atoms with van der Waals surface area (Å²) in [6.07, 6.45) is 1.36. The fraction of sp³-hybridized carbons (Fsp3) is 0.150. The van der Waals surface area contributed by atoms with E-state index in [-0.39, 0.29) is 29.0 Å². The van der Waals surface area contributed by atoms with Crippen LogP contribution in [0.1, 0.15) is 32.8 Å². The van der Waals surface area contributed by atoms with Crippen LogP contribution in [0.15, 0.2) is 40.1 Å². The molecule has 0 saturated heterocycles. The van der Waals surface area contributed by atoms with Crippen LogP contribution in [0.2, 0.25) is 0 Å². The van der Waals surface area contributed by atoms with E-state index >= 15 is 0 Å². The van der Waals surface area contributed by atoms with Gasteiger partial charge in [0.05, 0.1) is 5.56 Å². The highest BCUT2D eigenvalue weighted by Gasteiger charge is 2.28. The first-order valence-corrected chi connectivity index (χ1v) is 8.02. The minimum absolute atomic E-state index is 0.0522. The van der Waals surface area contributed by atoms with Crippen LogP contribution in [0.4, 0.5) is 4.39 Å². The van der Waals surface area contributed by atoms with E-state index in [0.29, 0.717) is 16.5 Å². The molecule has 0 atom stereocenters. The molecule has 7 heteroatoms. The molecule has 0 fully saturated rings. The first-order chi connectivity index (χ1) is 12.8. The Kier molecular flexibility index (Phi) is 4.42. The van der Waals surface area contributed by atoms with Crippen LogP contribution < -0.4 is 5.56 Å². The number of ketones is 1. The third-order valence-corrected chi connectivity index (χ3v) is 4.44. The van der Waals surface area contributed by atoms with E-state index in [1.54, 1.807) is 13.0 Å². The van der Waals surface area contributed by atoms with Gasteiger partial charge in [-0.15, -0.1) is 6.58 Å². The monoisotopic (exact) mass is 366 g/mol. The number of nitrogens with zero attached hydrogens (tertiary/aromatic N) is 2. The molecule has 0 aliphatic carbocycles. The van der Waals surface area contributed by atoms with Crippen LogP contribution in [-0.4, -0.2) is 15.5 Å². The quantitative estimate of drug-likeness (QED) is 0.564. The van der Waals surface area contributed by atoms with Crippen LogP contribution in [0.5, 0.6) is 5.88 Å². The van der Waals surface area contributed by atoms with Crippen LogP contribution in [0.3, 0.4) is 0 Å². The molecule has 0 saturated carbocycles. The second-order valence-corrected chi connectivity index (χ2v) is 6.04. The zero-order chi connectivity index (χ0) is 19.9. The molecule has 0 spiro atoms. The highest BCUT2D eigenvalue weighted by atomic mass is 19.1. The Hall–Kier alpha value is -3.66. The summed E-state index contributed by atoms with van der Waals surface area (Å²) in [6, 6.07) is 5.63. The topological polar surface area (TPSA) is 96.2 Å². The van der Waals surface area contributed by atoms with Crippen molar-refractivity contribution in [3.05, 3.63) is 75.0 Å². The Morgan fingerprint density at radius 2 is 2.11 bits per heavy atom. The molecular weight excluding hydrogens is 351 g/mol. The molecule has 0 radical (unpaired) electrons. The van der Waals surface area contributed by atoms with Crippen molar-refractivity contribution in [2.24, 2.45) is 0 Å². The molecule has 27 heavy (non-hydrogen) atoms. The lowest BCUT2D eigenvalue weighted by molar-refractivity contribution is 0.101. The van der Waals surface area contributed by atoms with Crippen molar-refractivity contribution < 1.29 is 18.7 Å². The molecule has 1 N–H and O–H groups in total. The van der Waals surface area contributed by atoms with E-state index in [1.165, 1.54) is 31.2 Å². The zero-order valence-electron chi connectivity index (χ0n) is 14.7. The number of fused-ring (bicyclic) bond motifs is 1. The number of nitriles is 1. The standard InChI is InChI=1S/C20H15FN2O4/c1-4-7-23-19(25)14(9-22)10(2)16(20(23)26)17(24)18-11(3)13-8-12(21)5-6-15(13)27-18/h4-6,8,26H,1,7H2,2-3H3. The van der Waals surface area contributed by atoms with Crippen LogP contribution in [0.25, 0.3) is 11.0 Å². The molecule has 2 aromatic heterocycles. The summed E-state index contributed by atoms with van der Waals surface area (Å²) in [5.41, 5.74) is -0.417. The number of aromatic nitrogens is 1. The highest BCUT2D eigenvalue weighted by molar-refractivity contribution is 6.12. The minimum atomic E-state index is -0.715. The van der Waals surface area contributed by atoms with Crippen LogP contribution in [0, 0.1) is 31.0 Å². The van der Waals surface area contributed by atoms with Gasteiger partial charge in [-0.2, -0.15) is 5.26 Å². The molecule has 3 rings (SSSR count). The average molecular weight is 366 g/mol. The zero-order valence-corrected chi connectivity index (χ0v) is 14.7. The van der Waals surface area contributed by atoms with Gasteiger partial charge >= 0.3 is 0 Å². The van der Waals surface area contributed by atoms with Crippen molar-refractivity contribution >= 4 is 16.8 Å². The predicted octanol–water partition coefficient (Wildman–Crippen LogP) is 3.34. The van der Waals surface area contributed by atoms with Gasteiger partial charge in [0.1, 0.15) is 23.0 Å². The molecule has 0 bridgehead atoms. The molecular formula is C20H15FN2O4. The molecule has 2 heterocycles. The number of halogens is 1. The smallest absolute Gasteiger partial charge is 0.271 e. The Labute approximate surface area is 153 Å². The first-order valence-electron chi connectivity index (χ1n) is 8.02. The van der Waals surface area contributed by atoms with Gasteiger partial charge in [0.15, 0.2) is 5.76 Å². The maximum atomic E-state index is 13.5. The summed E-state index contributed by atoms with van der Waals surface area (Å²) in [5.74, 6) is -1.85. The summed E-state index contributed by atoms with van der Waals surface area (Å²) in [4.78, 5) is 25.4. The molecule has 0 amide bonds. The molecule has 0 aliphatic rings. The molecule has 6 nitrogen and oxygen atoms in total. The second kappa shape index (κ2) is 6.57. The van der Waals surface area contributed by atoms with E-state index in [4.69, 9.17) is 4.42 Å². The van der Waals surface area contributed by atoms with Gasteiger partial charge in [-0.25, -0.2) is 4.39 Å². The maximum absolute atomic E-state index is 13.5. The lowest BCUT2D eigenvalue weighted by atomic mass is 9.98. The van der Waals surface area contributed by atoms with Gasteiger partial charge in [-0.3, -0.25) is 14.2 Å². The molecule has 1 aromatic carbocycles. The predicted molar refractivity (Wildman–Crippen MR) is 96.4 cm³/mol. The summed E-state index contributed by atoms with van der Waals surface area (Å²) in [6.45, 7) is 6.43. The van der Waals surface area contributed by atoms with Gasteiger partial charge in [-0.1, -0.05) is 6.08 Å². The van der Waals surface area contributed by atoms with Crippen molar-refractivity contribution in [1.29, 1.82) is 5.26 Å². The number of hydrogen-bond donors (Lipinski definition) is 1. The lowest BCUT2D eigenvalue weighted by Crippen LogP contribution is -2.26. The third kappa shape index (κ3) is 2.72. The Morgan fingerprint density at radius 1 is 1.41 bits per heavy atom. The summed E-state index contributed by atoms with van der Waals surface area (Å²) >= 11 is 0. The van der Waals surface area contributed by atoms with Crippen LogP contribution in [-0.2, 0) is 6.54 Å². The van der Waals surface area contributed by atoms with E-state index in [2.05, 4.69) is 6.58 Å². The Balaban J connectivity index is 2.31. The van der Waals surface area contributed by atoms with Gasteiger partial charge in [0.2, 0.25) is 11.7 Å². The summed E-state index contributed by atoms with van der Waals surface area (Å²) in [5, 5.41) is 20.3. The number of aryl methyl sites for hydroxylation is 1. The number of carbonyl (C=O) groups excluding carboxylic acids is 1. The number of aromatic hydroxyl groups is 1. The summed E-state index contributed by atoms with van der Waals surface area (Å²) in [7, 11) is 0. The van der Waals surface area contributed by atoms with Gasteiger partial charge in [-0.05, 0) is 37.6 Å². The van der Waals surface area contributed by atoms with E-state index in [9.17, 15) is 24.3 Å². The number of carbonyl (C=O) groups is 1. The van der Waals surface area contributed by atoms with Crippen LogP contribution >= 0.6 is 0 Å². The maximum Gasteiger partial charge on any atom is 0.271 e. The second-order valence-electron chi connectivity index (χ2n) is 6.04. The lowest BCUT2D eigenvalue weighted by Gasteiger charge is -2.13. The van der Waals surface area contributed by atoms with Crippen molar-refractivity contribution in [1.82, 2.24) is 4.57 Å². The van der Waals surface area contributed by atoms with Crippen molar-refractivity contribution in [3.8, 4) is 11.9 Å². The first kappa shape index (κ1) is 18.1.